The number of para-hydroxylation sites is 1. The molecule has 0 saturated heterocycles. The molecule has 5 heterocycles. The first kappa shape index (κ1) is 37.9. The number of aryl methyl sites for hydroxylation is 2. The lowest BCUT2D eigenvalue weighted by atomic mass is 9.35. The van der Waals surface area contributed by atoms with E-state index in [1.54, 1.807) is 0 Å². The molecule has 0 spiro atoms. The van der Waals surface area contributed by atoms with E-state index in [0.29, 0.717) is 0 Å². The van der Waals surface area contributed by atoms with Gasteiger partial charge in [-0.2, -0.15) is 0 Å². The molecule has 0 fully saturated rings. The number of fused-ring (bicyclic) bond motifs is 14. The Balaban J connectivity index is 0.999. The normalized spacial score (nSPS) is 12.8. The molecule has 15 rings (SSSR count). The van der Waals surface area contributed by atoms with Gasteiger partial charge in [-0.25, -0.2) is 0 Å². The minimum absolute atomic E-state index is 0.115. The van der Waals surface area contributed by atoms with E-state index in [9.17, 15) is 0 Å². The highest BCUT2D eigenvalue weighted by atomic mass is 32.1. The Kier molecular flexibility index (Phi) is 7.85. The van der Waals surface area contributed by atoms with Gasteiger partial charge < -0.3 is 18.6 Å². The van der Waals surface area contributed by atoms with Crippen LogP contribution < -0.4 is 25.9 Å². The van der Waals surface area contributed by atoms with Crippen molar-refractivity contribution >= 4 is 98.2 Å². The second-order valence-corrected chi connectivity index (χ2v) is 19.6. The maximum Gasteiger partial charge on any atom is 0.260 e. The van der Waals surface area contributed by atoms with Gasteiger partial charge in [-0.15, -0.1) is 11.3 Å². The van der Waals surface area contributed by atoms with Gasteiger partial charge in [0.25, 0.3) is 6.71 Å². The Hall–Kier alpha value is -8.32. The molecule has 0 N–H and O–H groups in total. The Bertz CT molecular complexity index is 4240. The van der Waals surface area contributed by atoms with Crippen LogP contribution in [0.3, 0.4) is 0 Å². The van der Waals surface area contributed by atoms with Crippen LogP contribution in [0.2, 0.25) is 0 Å². The fourth-order valence-corrected chi connectivity index (χ4v) is 12.8. The fourth-order valence-electron chi connectivity index (χ4n) is 11.5. The highest BCUT2D eigenvalue weighted by molar-refractivity contribution is 7.26. The number of thiophene rings is 1. The molecule has 2 aliphatic heterocycles. The Morgan fingerprint density at radius 3 is 1.74 bits per heavy atom. The van der Waals surface area contributed by atoms with Crippen LogP contribution in [0.25, 0.3) is 97.4 Å². The maximum absolute atomic E-state index is 7.34. The van der Waals surface area contributed by atoms with Gasteiger partial charge in [-0.1, -0.05) is 151 Å². The molecule has 13 aromatic rings. The van der Waals surface area contributed by atoms with E-state index < -0.39 is 0 Å². The average Bonchev–Trinajstić information content (AvgIpc) is 4.04. The van der Waals surface area contributed by atoms with Crippen LogP contribution in [-0.4, -0.2) is 15.8 Å². The zero-order chi connectivity index (χ0) is 44.8. The molecule has 0 saturated carbocycles. The standard InChI is InChI=1S/C62H39BN2O2S/c1-36-20-28-52-48(30-36)49-31-37(2)21-29-53(49)64(52)42-34-56-59-57(35-42)67-55-33-41(23-27-51(55)63(59)50-26-22-40(32-54(50)66-56)38-12-5-3-6-13-38)65-60-43(39-14-7-4-8-15-39)17-11-18-45(60)46-24-25-47-44-16-9-10-19-58(44)68-62(47)61(46)65/h3-35H,1-2H3. The number of rotatable bonds is 4. The smallest absolute Gasteiger partial charge is 0.260 e. The summed E-state index contributed by atoms with van der Waals surface area (Å²) in [6.45, 7) is 4.22. The summed E-state index contributed by atoms with van der Waals surface area (Å²) in [5.74, 6) is 3.32. The zero-order valence-corrected chi connectivity index (χ0v) is 38.1. The van der Waals surface area contributed by atoms with Gasteiger partial charge in [0.05, 0.1) is 32.5 Å². The number of ether oxygens (including phenoxy) is 2. The van der Waals surface area contributed by atoms with Crippen molar-refractivity contribution in [2.75, 3.05) is 0 Å². The highest BCUT2D eigenvalue weighted by Crippen LogP contribution is 2.47. The molecule has 68 heavy (non-hydrogen) atoms. The second kappa shape index (κ2) is 14.1. The minimum Gasteiger partial charge on any atom is -0.458 e. The molecule has 10 aromatic carbocycles. The van der Waals surface area contributed by atoms with Crippen LogP contribution in [0.15, 0.2) is 200 Å². The molecule has 318 valence electrons. The van der Waals surface area contributed by atoms with E-state index in [0.717, 1.165) is 72.9 Å². The average molecular weight is 887 g/mol. The quantitative estimate of drug-likeness (QED) is 0.165. The predicted octanol–water partition coefficient (Wildman–Crippen LogP) is 14.9. The van der Waals surface area contributed by atoms with Crippen LogP contribution in [0.4, 0.5) is 0 Å². The third-order valence-corrected chi connectivity index (χ3v) is 15.7. The largest absolute Gasteiger partial charge is 0.458 e. The molecule has 4 nitrogen and oxygen atoms in total. The number of aromatic nitrogens is 2. The van der Waals surface area contributed by atoms with E-state index >= 15 is 0 Å². The Morgan fingerprint density at radius 1 is 0.397 bits per heavy atom. The molecule has 3 aromatic heterocycles. The first-order valence-corrected chi connectivity index (χ1v) is 24.2. The Labute approximate surface area is 396 Å². The summed E-state index contributed by atoms with van der Waals surface area (Å²) in [5.41, 5.74) is 17.1. The monoisotopic (exact) mass is 886 g/mol. The lowest BCUT2D eigenvalue weighted by Crippen LogP contribution is -2.57. The number of nitrogens with zero attached hydrogens (tertiary/aromatic N) is 2. The lowest BCUT2D eigenvalue weighted by Gasteiger charge is -2.34. The third kappa shape index (κ3) is 5.38. The molecular formula is C62H39BN2O2S. The van der Waals surface area contributed by atoms with Crippen molar-refractivity contribution in [3.05, 3.63) is 211 Å². The summed E-state index contributed by atoms with van der Waals surface area (Å²) in [4.78, 5) is 0. The zero-order valence-electron chi connectivity index (χ0n) is 37.2. The van der Waals surface area contributed by atoms with Crippen molar-refractivity contribution in [2.24, 2.45) is 0 Å². The Morgan fingerprint density at radius 2 is 1.00 bits per heavy atom. The van der Waals surface area contributed by atoms with Gasteiger partial charge in [-0.05, 0) is 83.9 Å². The maximum atomic E-state index is 7.34. The number of hydrogen-bond acceptors (Lipinski definition) is 3. The SMILES string of the molecule is Cc1ccc2c(c1)c1cc(C)ccc1n2-c1cc2c3c(c1)Oc1cc(-n4c5c(-c6ccccc6)cccc5c5ccc6c7ccccc7sc6c54)ccc1B3c1ccc(-c3ccccc3)cc1O2. The fraction of sp³-hybridized carbons (Fsp3) is 0.0323. The van der Waals surface area contributed by atoms with Crippen molar-refractivity contribution in [1.29, 1.82) is 0 Å². The summed E-state index contributed by atoms with van der Waals surface area (Å²) >= 11 is 1.88. The van der Waals surface area contributed by atoms with Gasteiger partial charge in [0, 0.05) is 71.9 Å². The summed E-state index contributed by atoms with van der Waals surface area (Å²) in [5, 5.41) is 7.49. The number of hydrogen-bond donors (Lipinski definition) is 0. The molecule has 0 bridgehead atoms. The topological polar surface area (TPSA) is 28.3 Å². The summed E-state index contributed by atoms with van der Waals surface area (Å²) in [6, 6.07) is 73.2. The number of benzene rings is 10. The van der Waals surface area contributed by atoms with Crippen molar-refractivity contribution in [3.8, 4) is 56.6 Å². The molecule has 0 atom stereocenters. The first-order chi connectivity index (χ1) is 33.5. The molecule has 6 heteroatoms. The first-order valence-electron chi connectivity index (χ1n) is 23.3. The van der Waals surface area contributed by atoms with Crippen LogP contribution in [0.5, 0.6) is 23.0 Å². The summed E-state index contributed by atoms with van der Waals surface area (Å²) < 4.78 is 21.9. The minimum atomic E-state index is -0.115. The predicted molar refractivity (Wildman–Crippen MR) is 286 cm³/mol. The van der Waals surface area contributed by atoms with Gasteiger partial charge in [0.15, 0.2) is 0 Å². The second-order valence-electron chi connectivity index (χ2n) is 18.6. The van der Waals surface area contributed by atoms with Gasteiger partial charge in [-0.3, -0.25) is 0 Å². The summed E-state index contributed by atoms with van der Waals surface area (Å²) in [6.07, 6.45) is 0. The van der Waals surface area contributed by atoms with Crippen LogP contribution in [0.1, 0.15) is 11.1 Å². The van der Waals surface area contributed by atoms with Crippen molar-refractivity contribution < 1.29 is 9.47 Å². The van der Waals surface area contributed by atoms with Crippen LogP contribution in [-0.2, 0) is 0 Å². The molecule has 0 unspecified atom stereocenters. The molecule has 0 amide bonds. The van der Waals surface area contributed by atoms with E-state index in [2.05, 4.69) is 223 Å². The molecule has 0 aliphatic carbocycles. The van der Waals surface area contributed by atoms with Crippen LogP contribution >= 0.6 is 11.3 Å². The third-order valence-electron chi connectivity index (χ3n) is 14.5. The molecular weight excluding hydrogens is 848 g/mol. The van der Waals surface area contributed by atoms with E-state index in [1.165, 1.54) is 75.0 Å². The van der Waals surface area contributed by atoms with Gasteiger partial charge in [0.1, 0.15) is 23.0 Å². The van der Waals surface area contributed by atoms with E-state index in [1.807, 2.05) is 11.3 Å². The van der Waals surface area contributed by atoms with E-state index in [-0.39, 0.29) is 6.71 Å². The van der Waals surface area contributed by atoms with Gasteiger partial charge in [0.2, 0.25) is 0 Å². The van der Waals surface area contributed by atoms with Crippen molar-refractivity contribution in [2.45, 2.75) is 13.8 Å². The van der Waals surface area contributed by atoms with E-state index in [4.69, 9.17) is 9.47 Å². The summed E-state index contributed by atoms with van der Waals surface area (Å²) in [7, 11) is 0. The van der Waals surface area contributed by atoms with Gasteiger partial charge >= 0.3 is 0 Å². The highest BCUT2D eigenvalue weighted by Gasteiger charge is 2.41. The van der Waals surface area contributed by atoms with Crippen molar-refractivity contribution in [1.82, 2.24) is 9.13 Å². The van der Waals surface area contributed by atoms with Crippen molar-refractivity contribution in [3.63, 3.8) is 0 Å². The molecule has 2 aliphatic rings. The van der Waals surface area contributed by atoms with Crippen LogP contribution in [0, 0.1) is 13.8 Å². The molecule has 0 radical (unpaired) electrons. The lowest BCUT2D eigenvalue weighted by molar-refractivity contribution is 0.464.